The van der Waals surface area contributed by atoms with Gasteiger partial charge in [-0.3, -0.25) is 4.79 Å². The van der Waals surface area contributed by atoms with E-state index in [0.717, 1.165) is 32.4 Å². The van der Waals surface area contributed by atoms with Gasteiger partial charge in [-0.2, -0.15) is 0 Å². The van der Waals surface area contributed by atoms with Crippen molar-refractivity contribution in [2.75, 3.05) is 19.7 Å². The molecule has 1 N–H and O–H groups in total. The second-order valence-electron chi connectivity index (χ2n) is 4.50. The lowest BCUT2D eigenvalue weighted by molar-refractivity contribution is 0.0724. The van der Waals surface area contributed by atoms with Crippen LogP contribution in [0.25, 0.3) is 0 Å². The van der Waals surface area contributed by atoms with Gasteiger partial charge in [0.25, 0.3) is 5.91 Å². The van der Waals surface area contributed by atoms with Crippen molar-refractivity contribution >= 4 is 5.91 Å². The Bertz CT molecular complexity index is 525. The van der Waals surface area contributed by atoms with E-state index in [-0.39, 0.29) is 12.5 Å². The summed E-state index contributed by atoms with van der Waals surface area (Å²) in [7, 11) is 0. The third-order valence-electron chi connectivity index (χ3n) is 3.16. The molecule has 1 aliphatic rings. The molecule has 1 aromatic carbocycles. The maximum absolute atomic E-state index is 13.2. The van der Waals surface area contributed by atoms with E-state index in [1.807, 2.05) is 0 Å². The molecule has 19 heavy (non-hydrogen) atoms. The van der Waals surface area contributed by atoms with Gasteiger partial charge in [0.1, 0.15) is 12.4 Å². The van der Waals surface area contributed by atoms with Gasteiger partial charge in [-0.15, -0.1) is 0 Å². The number of carbonyl (C=O) groups is 1. The quantitative estimate of drug-likeness (QED) is 0.783. The van der Waals surface area contributed by atoms with E-state index in [2.05, 4.69) is 11.8 Å². The lowest BCUT2D eigenvalue weighted by atomic mass is 10.0. The zero-order valence-corrected chi connectivity index (χ0v) is 10.7. The number of nitrogens with zero attached hydrogens (tertiary/aromatic N) is 1. The molecular formula is C15H16FNO2. The number of rotatable bonds is 1. The highest BCUT2D eigenvalue weighted by atomic mass is 19.1. The molecule has 0 unspecified atom stereocenters. The van der Waals surface area contributed by atoms with Gasteiger partial charge in [0.15, 0.2) is 0 Å². The molecule has 1 saturated heterocycles. The number of aliphatic hydroxyl groups excluding tert-OH is 1. The van der Waals surface area contributed by atoms with Crippen LogP contribution in [0.4, 0.5) is 4.39 Å². The van der Waals surface area contributed by atoms with Crippen LogP contribution in [0, 0.1) is 17.7 Å². The van der Waals surface area contributed by atoms with Gasteiger partial charge in [-0.1, -0.05) is 11.8 Å². The van der Waals surface area contributed by atoms with Gasteiger partial charge in [0.05, 0.1) is 5.56 Å². The Balaban J connectivity index is 2.29. The summed E-state index contributed by atoms with van der Waals surface area (Å²) >= 11 is 0. The first-order valence-electron chi connectivity index (χ1n) is 6.41. The molecule has 0 radical (unpaired) electrons. The maximum Gasteiger partial charge on any atom is 0.255 e. The molecule has 1 fully saturated rings. The van der Waals surface area contributed by atoms with Gasteiger partial charge in [0, 0.05) is 18.7 Å². The first-order valence-corrected chi connectivity index (χ1v) is 6.41. The highest BCUT2D eigenvalue weighted by Gasteiger charge is 2.20. The number of likely N-dealkylation sites (tertiary alicyclic amines) is 1. The molecule has 1 aliphatic heterocycles. The van der Waals surface area contributed by atoms with Gasteiger partial charge in [-0.05, 0) is 37.5 Å². The molecule has 100 valence electrons. The largest absolute Gasteiger partial charge is 0.384 e. The molecule has 1 aromatic rings. The molecular weight excluding hydrogens is 245 g/mol. The van der Waals surface area contributed by atoms with Gasteiger partial charge >= 0.3 is 0 Å². The second kappa shape index (κ2) is 6.35. The summed E-state index contributed by atoms with van der Waals surface area (Å²) in [5.41, 5.74) is 0.744. The number of hydrogen-bond acceptors (Lipinski definition) is 2. The fraction of sp³-hybridized carbons (Fsp3) is 0.400. The highest BCUT2D eigenvalue weighted by Crippen LogP contribution is 2.17. The maximum atomic E-state index is 13.2. The lowest BCUT2D eigenvalue weighted by Gasteiger charge is -2.27. The van der Waals surface area contributed by atoms with Crippen LogP contribution in [-0.2, 0) is 0 Å². The minimum Gasteiger partial charge on any atom is -0.384 e. The van der Waals surface area contributed by atoms with E-state index in [1.165, 1.54) is 18.2 Å². The van der Waals surface area contributed by atoms with Crippen LogP contribution in [0.1, 0.15) is 35.2 Å². The fourth-order valence-corrected chi connectivity index (χ4v) is 2.21. The molecule has 2 rings (SSSR count). The van der Waals surface area contributed by atoms with Crippen LogP contribution in [0.15, 0.2) is 18.2 Å². The summed E-state index contributed by atoms with van der Waals surface area (Å²) in [4.78, 5) is 14.1. The van der Waals surface area contributed by atoms with Crippen molar-refractivity contribution in [1.82, 2.24) is 4.90 Å². The van der Waals surface area contributed by atoms with Gasteiger partial charge in [-0.25, -0.2) is 4.39 Å². The summed E-state index contributed by atoms with van der Waals surface area (Å²) in [6.45, 7) is 1.17. The van der Waals surface area contributed by atoms with Crippen LogP contribution in [-0.4, -0.2) is 35.6 Å². The predicted molar refractivity (Wildman–Crippen MR) is 70.1 cm³/mol. The molecule has 1 heterocycles. The molecule has 0 bridgehead atoms. The molecule has 3 nitrogen and oxygen atoms in total. The van der Waals surface area contributed by atoms with Crippen molar-refractivity contribution in [1.29, 1.82) is 0 Å². The van der Waals surface area contributed by atoms with Crippen molar-refractivity contribution in [3.8, 4) is 11.8 Å². The monoisotopic (exact) mass is 261 g/mol. The SMILES string of the molecule is O=C(c1ccc(F)cc1C#CCO)N1CCCCC1. The minimum absolute atomic E-state index is 0.109. The highest BCUT2D eigenvalue weighted by molar-refractivity contribution is 5.96. The summed E-state index contributed by atoms with van der Waals surface area (Å²) in [5, 5.41) is 8.71. The zero-order valence-electron chi connectivity index (χ0n) is 10.7. The van der Waals surface area contributed by atoms with Crippen LogP contribution in [0.2, 0.25) is 0 Å². The first kappa shape index (κ1) is 13.6. The minimum atomic E-state index is -0.433. The molecule has 0 saturated carbocycles. The standard InChI is InChI=1S/C15H16FNO2/c16-13-6-7-14(12(11-13)5-4-10-18)15(19)17-8-2-1-3-9-17/h6-7,11,18H,1-3,8-10H2. The van der Waals surface area contributed by atoms with Crippen LogP contribution in [0.5, 0.6) is 0 Å². The molecule has 4 heteroatoms. The van der Waals surface area contributed by atoms with E-state index in [0.29, 0.717) is 11.1 Å². The summed E-state index contributed by atoms with van der Waals surface area (Å²) in [5.74, 6) is 4.55. The average Bonchev–Trinajstić information content (AvgIpc) is 2.45. The van der Waals surface area contributed by atoms with Crippen molar-refractivity contribution in [3.63, 3.8) is 0 Å². The number of halogens is 1. The Morgan fingerprint density at radius 2 is 2.05 bits per heavy atom. The number of benzene rings is 1. The van der Waals surface area contributed by atoms with E-state index < -0.39 is 5.82 Å². The van der Waals surface area contributed by atoms with Gasteiger partial charge in [0.2, 0.25) is 0 Å². The van der Waals surface area contributed by atoms with E-state index in [1.54, 1.807) is 4.90 Å². The molecule has 1 amide bonds. The predicted octanol–water partition coefficient (Wildman–Crippen LogP) is 1.80. The van der Waals surface area contributed by atoms with Crippen molar-refractivity contribution < 1.29 is 14.3 Å². The van der Waals surface area contributed by atoms with E-state index in [4.69, 9.17) is 5.11 Å². The number of hydrogen-bond donors (Lipinski definition) is 1. The lowest BCUT2D eigenvalue weighted by Crippen LogP contribution is -2.36. The number of aliphatic hydroxyl groups is 1. The Morgan fingerprint density at radius 3 is 2.74 bits per heavy atom. The molecule has 0 atom stereocenters. The number of carbonyl (C=O) groups excluding carboxylic acids is 1. The normalized spacial score (nSPS) is 14.7. The Labute approximate surface area is 112 Å². The smallest absolute Gasteiger partial charge is 0.255 e. The molecule has 0 aromatic heterocycles. The number of piperidine rings is 1. The van der Waals surface area contributed by atoms with E-state index >= 15 is 0 Å². The first-order chi connectivity index (χ1) is 9.22. The second-order valence-corrected chi connectivity index (χ2v) is 4.50. The van der Waals surface area contributed by atoms with Gasteiger partial charge < -0.3 is 10.0 Å². The van der Waals surface area contributed by atoms with Crippen molar-refractivity contribution in [2.24, 2.45) is 0 Å². The third-order valence-corrected chi connectivity index (χ3v) is 3.16. The Hall–Kier alpha value is -1.86. The van der Waals surface area contributed by atoms with Crippen LogP contribution < -0.4 is 0 Å². The third kappa shape index (κ3) is 3.33. The summed E-state index contributed by atoms with van der Waals surface area (Å²) < 4.78 is 13.2. The average molecular weight is 261 g/mol. The Morgan fingerprint density at radius 1 is 1.32 bits per heavy atom. The van der Waals surface area contributed by atoms with Crippen molar-refractivity contribution in [2.45, 2.75) is 19.3 Å². The van der Waals surface area contributed by atoms with E-state index in [9.17, 15) is 9.18 Å². The van der Waals surface area contributed by atoms with Crippen LogP contribution >= 0.6 is 0 Å². The Kier molecular flexibility index (Phi) is 4.53. The zero-order chi connectivity index (χ0) is 13.7. The van der Waals surface area contributed by atoms with Crippen molar-refractivity contribution in [3.05, 3.63) is 35.1 Å². The van der Waals surface area contributed by atoms with Crippen LogP contribution in [0.3, 0.4) is 0 Å². The molecule has 0 aliphatic carbocycles. The molecule has 0 spiro atoms. The number of amides is 1. The summed E-state index contributed by atoms with van der Waals surface area (Å²) in [6, 6.07) is 3.97. The topological polar surface area (TPSA) is 40.5 Å². The fourth-order valence-electron chi connectivity index (χ4n) is 2.21. The summed E-state index contributed by atoms with van der Waals surface area (Å²) in [6.07, 6.45) is 3.15.